The normalized spacial score (nSPS) is 11.4. The second kappa shape index (κ2) is 25.3. The molecule has 1 heteroatoms. The molecule has 0 aliphatic carbocycles. The van der Waals surface area contributed by atoms with Crippen LogP contribution in [0.25, 0.3) is 0 Å². The minimum atomic E-state index is 0.561. The van der Waals surface area contributed by atoms with E-state index in [0.29, 0.717) is 5.75 Å². The zero-order valence-corrected chi connectivity index (χ0v) is 25.7. The van der Waals surface area contributed by atoms with E-state index in [1.165, 1.54) is 178 Å². The Morgan fingerprint density at radius 2 is 0.703 bits per heavy atom. The molecule has 0 aliphatic rings. The van der Waals surface area contributed by atoms with Crippen LogP contribution in [0.4, 0.5) is 0 Å². The van der Waals surface area contributed by atoms with Gasteiger partial charge in [0.2, 0.25) is 0 Å². The Bertz CT molecular complexity index is 619. The highest BCUT2D eigenvalue weighted by Crippen LogP contribution is 2.30. The largest absolute Gasteiger partial charge is 0.508 e. The van der Waals surface area contributed by atoms with Crippen molar-refractivity contribution < 1.29 is 5.11 Å². The predicted octanol–water partition coefficient (Wildman–Crippen LogP) is 12.4. The number of unbranched alkanes of at least 4 members (excludes halogenated alkanes) is 21. The van der Waals surface area contributed by atoms with Crippen molar-refractivity contribution in [3.8, 4) is 5.75 Å². The molecule has 0 saturated carbocycles. The fourth-order valence-electron chi connectivity index (χ4n) is 5.87. The number of benzene rings is 1. The molecule has 0 heterocycles. The summed E-state index contributed by atoms with van der Waals surface area (Å²) >= 11 is 0. The van der Waals surface area contributed by atoms with Gasteiger partial charge in [-0.3, -0.25) is 0 Å². The van der Waals surface area contributed by atoms with E-state index in [4.69, 9.17) is 0 Å². The van der Waals surface area contributed by atoms with Crippen molar-refractivity contribution in [3.63, 3.8) is 0 Å². The van der Waals surface area contributed by atoms with Gasteiger partial charge in [0.25, 0.3) is 0 Å². The van der Waals surface area contributed by atoms with Gasteiger partial charge in [0.15, 0.2) is 0 Å². The van der Waals surface area contributed by atoms with Crippen LogP contribution >= 0.6 is 0 Å². The lowest BCUT2D eigenvalue weighted by molar-refractivity contribution is 0.463. The Labute approximate surface area is 233 Å². The summed E-state index contributed by atoms with van der Waals surface area (Å²) in [4.78, 5) is 0. The fraction of sp³-hybridized carbons (Fsp3) is 0.833. The summed E-state index contributed by atoms with van der Waals surface area (Å²) in [5.74, 6) is 0.561. The second-order valence-corrected chi connectivity index (χ2v) is 11.9. The van der Waals surface area contributed by atoms with E-state index in [2.05, 4.69) is 26.8 Å². The van der Waals surface area contributed by atoms with Gasteiger partial charge >= 0.3 is 0 Å². The first kappa shape index (κ1) is 34.0. The number of hydrogen-bond donors (Lipinski definition) is 1. The maximum atomic E-state index is 10.8. The van der Waals surface area contributed by atoms with E-state index in [1.54, 1.807) is 5.56 Å². The first-order valence-corrected chi connectivity index (χ1v) is 17.1. The van der Waals surface area contributed by atoms with Gasteiger partial charge in [0, 0.05) is 0 Å². The molecule has 0 aliphatic heterocycles. The smallest absolute Gasteiger partial charge is 0.119 e. The van der Waals surface area contributed by atoms with Gasteiger partial charge in [-0.25, -0.2) is 0 Å². The molecule has 1 nitrogen and oxygen atoms in total. The van der Waals surface area contributed by atoms with Crippen LogP contribution < -0.4 is 0 Å². The van der Waals surface area contributed by atoms with Gasteiger partial charge in [0.05, 0.1) is 0 Å². The van der Waals surface area contributed by atoms with Crippen LogP contribution in [-0.4, -0.2) is 5.11 Å². The van der Waals surface area contributed by atoms with Crippen LogP contribution in [0.1, 0.15) is 192 Å². The molecule has 0 atom stereocenters. The van der Waals surface area contributed by atoms with Gasteiger partial charge in [-0.1, -0.05) is 162 Å². The molecule has 0 bridgehead atoms. The number of aryl methyl sites for hydroxylation is 1. The van der Waals surface area contributed by atoms with Crippen LogP contribution in [0.3, 0.4) is 0 Å². The number of rotatable bonds is 27. The quantitative estimate of drug-likeness (QED) is 0.116. The van der Waals surface area contributed by atoms with Gasteiger partial charge in [-0.15, -0.1) is 0 Å². The first-order chi connectivity index (χ1) is 18.2. The fourth-order valence-corrected chi connectivity index (χ4v) is 5.87. The van der Waals surface area contributed by atoms with Crippen LogP contribution in [-0.2, 0) is 19.3 Å². The van der Waals surface area contributed by atoms with Crippen LogP contribution in [0.2, 0.25) is 0 Å². The summed E-state index contributed by atoms with van der Waals surface area (Å²) in [5, 5.41) is 10.8. The van der Waals surface area contributed by atoms with Crippen molar-refractivity contribution in [1.82, 2.24) is 0 Å². The average molecular weight is 515 g/mol. The lowest BCUT2D eigenvalue weighted by Gasteiger charge is -2.17. The van der Waals surface area contributed by atoms with Crippen LogP contribution in [0.15, 0.2) is 12.1 Å². The molecular weight excluding hydrogens is 448 g/mol. The highest BCUT2D eigenvalue weighted by Gasteiger charge is 2.13. The summed E-state index contributed by atoms with van der Waals surface area (Å²) in [7, 11) is 0. The van der Waals surface area contributed by atoms with Crippen molar-refractivity contribution in [2.45, 2.75) is 194 Å². The highest BCUT2D eigenvalue weighted by molar-refractivity contribution is 5.45. The summed E-state index contributed by atoms with van der Waals surface area (Å²) in [6.45, 7) is 6.87. The summed E-state index contributed by atoms with van der Waals surface area (Å²) in [6.07, 6.45) is 36.3. The maximum absolute atomic E-state index is 10.8. The van der Waals surface area contributed by atoms with Crippen molar-refractivity contribution in [2.24, 2.45) is 0 Å². The Kier molecular flexibility index (Phi) is 23.3. The monoisotopic (exact) mass is 515 g/mol. The Morgan fingerprint density at radius 3 is 1.14 bits per heavy atom. The van der Waals surface area contributed by atoms with Crippen LogP contribution in [0.5, 0.6) is 5.75 Å². The maximum Gasteiger partial charge on any atom is 0.119 e. The lowest BCUT2D eigenvalue weighted by Crippen LogP contribution is -2.03. The van der Waals surface area contributed by atoms with Crippen LogP contribution in [0, 0.1) is 0 Å². The minimum absolute atomic E-state index is 0.561. The molecule has 1 rings (SSSR count). The van der Waals surface area contributed by atoms with Crippen molar-refractivity contribution in [3.05, 3.63) is 28.8 Å². The third-order valence-electron chi connectivity index (χ3n) is 8.36. The lowest BCUT2D eigenvalue weighted by atomic mass is 9.89. The number of hydrogen-bond acceptors (Lipinski definition) is 1. The zero-order chi connectivity index (χ0) is 26.8. The molecule has 216 valence electrons. The molecular formula is C36H66O. The van der Waals surface area contributed by atoms with Gasteiger partial charge in [0.1, 0.15) is 5.75 Å². The van der Waals surface area contributed by atoms with E-state index in [1.807, 2.05) is 6.07 Å². The molecule has 1 N–H and O–H groups in total. The van der Waals surface area contributed by atoms with Crippen molar-refractivity contribution in [2.75, 3.05) is 0 Å². The van der Waals surface area contributed by atoms with Gasteiger partial charge in [-0.2, -0.15) is 0 Å². The molecule has 0 aromatic heterocycles. The third kappa shape index (κ3) is 18.0. The van der Waals surface area contributed by atoms with Crippen molar-refractivity contribution in [1.29, 1.82) is 0 Å². The molecule has 0 fully saturated rings. The number of phenols is 1. The molecule has 1 aromatic carbocycles. The molecule has 0 unspecified atom stereocenters. The molecule has 1 aromatic rings. The second-order valence-electron chi connectivity index (χ2n) is 11.9. The number of aromatic hydroxyl groups is 1. The van der Waals surface area contributed by atoms with Crippen molar-refractivity contribution >= 4 is 0 Å². The number of phenolic OH excluding ortho intramolecular Hbond substituents is 1. The average Bonchev–Trinajstić information content (AvgIpc) is 2.90. The minimum Gasteiger partial charge on any atom is -0.508 e. The molecule has 37 heavy (non-hydrogen) atoms. The molecule has 0 saturated heterocycles. The van der Waals surface area contributed by atoms with E-state index in [-0.39, 0.29) is 0 Å². The van der Waals surface area contributed by atoms with E-state index in [9.17, 15) is 5.11 Å². The predicted molar refractivity (Wildman–Crippen MR) is 167 cm³/mol. The highest BCUT2D eigenvalue weighted by atomic mass is 16.3. The van der Waals surface area contributed by atoms with E-state index in [0.717, 1.165) is 6.42 Å². The summed E-state index contributed by atoms with van der Waals surface area (Å²) in [6, 6.07) is 4.26. The standard InChI is InChI=1S/C36H66O/c1-4-7-10-13-15-17-19-21-23-25-28-33-31-32-36(37)35(30-26-12-9-6-3)34(33)29-27-24-22-20-18-16-14-11-8-5-2/h31-32,37H,4-30H2,1-3H3. The summed E-state index contributed by atoms with van der Waals surface area (Å²) in [5.41, 5.74) is 4.35. The first-order valence-electron chi connectivity index (χ1n) is 17.1. The Morgan fingerprint density at radius 1 is 0.378 bits per heavy atom. The topological polar surface area (TPSA) is 20.2 Å². The molecule has 0 spiro atoms. The third-order valence-corrected chi connectivity index (χ3v) is 8.36. The Hall–Kier alpha value is -0.980. The SMILES string of the molecule is CCCCCCCCCCCCc1ccc(O)c(CCCCCC)c1CCCCCCCCCCCC. The molecule has 0 radical (unpaired) electrons. The van der Waals surface area contributed by atoms with E-state index < -0.39 is 0 Å². The zero-order valence-electron chi connectivity index (χ0n) is 25.7. The summed E-state index contributed by atoms with van der Waals surface area (Å²) < 4.78 is 0. The van der Waals surface area contributed by atoms with Gasteiger partial charge < -0.3 is 5.11 Å². The Balaban J connectivity index is 2.47. The molecule has 0 amide bonds. The van der Waals surface area contributed by atoms with E-state index >= 15 is 0 Å². The van der Waals surface area contributed by atoms with Gasteiger partial charge in [-0.05, 0) is 61.3 Å².